The fourth-order valence-electron chi connectivity index (χ4n) is 1.42. The number of carbonyl (C=O) groups excluding carboxylic acids is 1. The normalized spacial score (nSPS) is 12.2. The Hall–Kier alpha value is -1.44. The minimum atomic E-state index is -0.394. The maximum atomic E-state index is 12.1. The molecule has 4 N–H and O–H groups in total. The summed E-state index contributed by atoms with van der Waals surface area (Å²) in [5, 5.41) is 9.93. The minimum Gasteiger partial charge on any atom is -0.397 e. The van der Waals surface area contributed by atoms with Crippen molar-refractivity contribution in [2.24, 2.45) is 0 Å². The van der Waals surface area contributed by atoms with E-state index in [1.165, 1.54) is 30.2 Å². The molecule has 6 nitrogen and oxygen atoms in total. The monoisotopic (exact) mass is 331 g/mol. The van der Waals surface area contributed by atoms with Gasteiger partial charge < -0.3 is 11.1 Å². The second-order valence-corrected chi connectivity index (χ2v) is 6.06. The fraction of sp³-hybridized carbons (Fsp3) is 0.182. The number of rotatable bonds is 4. The highest BCUT2D eigenvalue weighted by atomic mass is 35.5. The minimum absolute atomic E-state index is 0.248. The summed E-state index contributed by atoms with van der Waals surface area (Å²) in [7, 11) is 0. The zero-order chi connectivity index (χ0) is 14.7. The molecular weight excluding hydrogens is 321 g/mol. The first kappa shape index (κ1) is 15.0. The van der Waals surface area contributed by atoms with Crippen LogP contribution in [0.2, 0.25) is 10.0 Å². The van der Waals surface area contributed by atoms with E-state index in [2.05, 4.69) is 20.5 Å². The van der Waals surface area contributed by atoms with E-state index < -0.39 is 5.25 Å². The lowest BCUT2D eigenvalue weighted by molar-refractivity contribution is -0.115. The molecule has 2 aromatic rings. The van der Waals surface area contributed by atoms with Crippen LogP contribution < -0.4 is 11.1 Å². The van der Waals surface area contributed by atoms with Crippen LogP contribution in [0.15, 0.2) is 23.6 Å². The quantitative estimate of drug-likeness (QED) is 0.591. The number of carbonyl (C=O) groups is 1. The number of halogens is 2. The van der Waals surface area contributed by atoms with Crippen molar-refractivity contribution in [1.29, 1.82) is 0 Å². The summed E-state index contributed by atoms with van der Waals surface area (Å²) in [5.74, 6) is -0.248. The van der Waals surface area contributed by atoms with Crippen molar-refractivity contribution in [3.63, 3.8) is 0 Å². The van der Waals surface area contributed by atoms with Gasteiger partial charge in [-0.25, -0.2) is 4.98 Å². The van der Waals surface area contributed by atoms with Crippen molar-refractivity contribution < 1.29 is 4.79 Å². The van der Waals surface area contributed by atoms with Gasteiger partial charge in [-0.1, -0.05) is 35.0 Å². The lowest BCUT2D eigenvalue weighted by Gasteiger charge is -2.13. The van der Waals surface area contributed by atoms with Crippen LogP contribution in [-0.2, 0) is 4.79 Å². The van der Waals surface area contributed by atoms with Gasteiger partial charge in [0.2, 0.25) is 5.91 Å². The van der Waals surface area contributed by atoms with Gasteiger partial charge >= 0.3 is 0 Å². The molecule has 9 heteroatoms. The maximum absolute atomic E-state index is 12.1. The second kappa shape index (κ2) is 6.34. The van der Waals surface area contributed by atoms with Crippen molar-refractivity contribution in [3.05, 3.63) is 28.5 Å². The zero-order valence-corrected chi connectivity index (χ0v) is 12.7. The van der Waals surface area contributed by atoms with Gasteiger partial charge in [-0.15, -0.1) is 0 Å². The molecule has 106 valence electrons. The van der Waals surface area contributed by atoms with E-state index in [1.807, 2.05) is 0 Å². The maximum Gasteiger partial charge on any atom is 0.237 e. The molecule has 1 amide bonds. The molecule has 0 fully saturated rings. The molecule has 1 aromatic heterocycles. The average molecular weight is 332 g/mol. The summed E-state index contributed by atoms with van der Waals surface area (Å²) in [6.45, 7) is 1.74. The number of hydrogen-bond donors (Lipinski definition) is 3. The van der Waals surface area contributed by atoms with Gasteiger partial charge in [0.1, 0.15) is 6.33 Å². The van der Waals surface area contributed by atoms with Crippen LogP contribution in [0.25, 0.3) is 0 Å². The summed E-state index contributed by atoms with van der Waals surface area (Å²) in [6, 6.07) is 3.04. The molecule has 0 aliphatic heterocycles. The highest BCUT2D eigenvalue weighted by molar-refractivity contribution is 8.00. The molecule has 0 radical (unpaired) electrons. The van der Waals surface area contributed by atoms with E-state index in [4.69, 9.17) is 28.9 Å². The van der Waals surface area contributed by atoms with Crippen LogP contribution in [0.3, 0.4) is 0 Å². The van der Waals surface area contributed by atoms with Crippen molar-refractivity contribution in [1.82, 2.24) is 15.2 Å². The summed E-state index contributed by atoms with van der Waals surface area (Å²) in [4.78, 5) is 16.0. The third-order valence-corrected chi connectivity index (χ3v) is 3.89. The first-order valence-corrected chi connectivity index (χ1v) is 7.18. The van der Waals surface area contributed by atoms with E-state index in [-0.39, 0.29) is 5.91 Å². The third kappa shape index (κ3) is 3.56. The van der Waals surface area contributed by atoms with Gasteiger partial charge in [0.25, 0.3) is 0 Å². The van der Waals surface area contributed by atoms with Crippen LogP contribution >= 0.6 is 35.0 Å². The topological polar surface area (TPSA) is 96.7 Å². The largest absolute Gasteiger partial charge is 0.397 e. The van der Waals surface area contributed by atoms with Crippen LogP contribution in [0.4, 0.5) is 11.4 Å². The van der Waals surface area contributed by atoms with Crippen LogP contribution in [0.5, 0.6) is 0 Å². The molecule has 0 saturated heterocycles. The Morgan fingerprint density at radius 2 is 2.25 bits per heavy atom. The molecule has 0 aliphatic rings. The number of anilines is 2. The number of hydrogen-bond acceptors (Lipinski definition) is 5. The Bertz CT molecular complexity index is 596. The number of benzene rings is 1. The van der Waals surface area contributed by atoms with Crippen molar-refractivity contribution in [2.45, 2.75) is 17.3 Å². The summed E-state index contributed by atoms with van der Waals surface area (Å²) in [6.07, 6.45) is 1.38. The average Bonchev–Trinajstić information content (AvgIpc) is 2.86. The van der Waals surface area contributed by atoms with E-state index in [9.17, 15) is 4.79 Å². The number of nitrogen functional groups attached to an aromatic ring is 1. The van der Waals surface area contributed by atoms with Gasteiger partial charge in [-0.05, 0) is 19.1 Å². The summed E-state index contributed by atoms with van der Waals surface area (Å²) in [5.41, 5.74) is 6.45. The predicted octanol–water partition coefficient (Wildman–Crippen LogP) is 2.81. The first-order valence-electron chi connectivity index (χ1n) is 5.54. The Morgan fingerprint density at radius 1 is 1.50 bits per heavy atom. The number of nitrogens with two attached hydrogens (primary N) is 1. The fourth-order valence-corrected chi connectivity index (χ4v) is 2.69. The molecule has 0 spiro atoms. The standard InChI is InChI=1S/C11H11Cl2N5OS/c1-5(20-11-15-4-16-18-11)10(19)17-9-7(13)2-6(12)3-8(9)14/h2-5H,14H2,1H3,(H,17,19)(H,15,16,18). The Labute approximate surface area is 129 Å². The number of aromatic nitrogens is 3. The molecular formula is C11H11Cl2N5OS. The lowest BCUT2D eigenvalue weighted by Crippen LogP contribution is -2.23. The van der Waals surface area contributed by atoms with Gasteiger partial charge in [0.05, 0.1) is 21.6 Å². The summed E-state index contributed by atoms with van der Waals surface area (Å²) < 4.78 is 0. The van der Waals surface area contributed by atoms with Crippen molar-refractivity contribution in [3.8, 4) is 0 Å². The Morgan fingerprint density at radius 3 is 2.85 bits per heavy atom. The molecule has 0 bridgehead atoms. The predicted molar refractivity (Wildman–Crippen MR) is 81.2 cm³/mol. The Kier molecular flexibility index (Phi) is 4.74. The number of H-pyrrole nitrogens is 1. The molecule has 1 aromatic carbocycles. The number of nitrogens with zero attached hydrogens (tertiary/aromatic N) is 2. The van der Waals surface area contributed by atoms with Crippen molar-refractivity contribution in [2.75, 3.05) is 11.1 Å². The number of nitrogens with one attached hydrogen (secondary N) is 2. The van der Waals surface area contributed by atoms with Gasteiger partial charge in [-0.3, -0.25) is 9.89 Å². The number of amides is 1. The molecule has 1 atom stereocenters. The van der Waals surface area contributed by atoms with Crippen LogP contribution in [-0.4, -0.2) is 26.3 Å². The van der Waals surface area contributed by atoms with Crippen molar-refractivity contribution >= 4 is 52.2 Å². The molecule has 1 heterocycles. The van der Waals surface area contributed by atoms with E-state index >= 15 is 0 Å². The highest BCUT2D eigenvalue weighted by Crippen LogP contribution is 2.32. The molecule has 0 saturated carbocycles. The van der Waals surface area contributed by atoms with E-state index in [0.717, 1.165) is 0 Å². The van der Waals surface area contributed by atoms with Gasteiger partial charge in [0.15, 0.2) is 5.16 Å². The molecule has 0 aliphatic carbocycles. The SMILES string of the molecule is CC(Sc1ncn[nH]1)C(=O)Nc1c(N)cc(Cl)cc1Cl. The second-order valence-electron chi connectivity index (χ2n) is 3.89. The lowest BCUT2D eigenvalue weighted by atomic mass is 10.2. The van der Waals surface area contributed by atoms with Crippen LogP contribution in [0, 0.1) is 0 Å². The Balaban J connectivity index is 2.08. The third-order valence-electron chi connectivity index (χ3n) is 2.38. The highest BCUT2D eigenvalue weighted by Gasteiger charge is 2.18. The zero-order valence-electron chi connectivity index (χ0n) is 10.4. The molecule has 1 unspecified atom stereocenters. The van der Waals surface area contributed by atoms with E-state index in [0.29, 0.717) is 26.6 Å². The van der Waals surface area contributed by atoms with Gasteiger partial charge in [0, 0.05) is 5.02 Å². The first-order chi connectivity index (χ1) is 9.47. The van der Waals surface area contributed by atoms with Crippen LogP contribution in [0.1, 0.15) is 6.92 Å². The molecule has 2 rings (SSSR count). The smallest absolute Gasteiger partial charge is 0.237 e. The van der Waals surface area contributed by atoms with E-state index in [1.54, 1.807) is 6.92 Å². The number of aromatic amines is 1. The summed E-state index contributed by atoms with van der Waals surface area (Å²) >= 11 is 13.1. The molecule has 20 heavy (non-hydrogen) atoms. The number of thioether (sulfide) groups is 1. The van der Waals surface area contributed by atoms with Gasteiger partial charge in [-0.2, -0.15) is 5.10 Å².